The summed E-state index contributed by atoms with van der Waals surface area (Å²) >= 11 is 1.44. The summed E-state index contributed by atoms with van der Waals surface area (Å²) in [6.45, 7) is 0. The van der Waals surface area contributed by atoms with E-state index in [2.05, 4.69) is 0 Å². The zero-order valence-corrected chi connectivity index (χ0v) is 4.94. The third kappa shape index (κ3) is 1.41. The topological polar surface area (TPSA) is 12.5 Å². The highest BCUT2D eigenvalue weighted by atomic mass is 32.2. The third-order valence-electron chi connectivity index (χ3n) is 0.650. The van der Waals surface area contributed by atoms with Crippen LogP contribution in [0.4, 0.5) is 0 Å². The highest BCUT2D eigenvalue weighted by Gasteiger charge is 1.95. The standard InChI is InChI=1S/C4H7NOS/c1-5-3-2-4-7-6-5/h2-3H,4H2,1H3. The van der Waals surface area contributed by atoms with Gasteiger partial charge in [-0.2, -0.15) is 0 Å². The van der Waals surface area contributed by atoms with Crippen molar-refractivity contribution in [3.63, 3.8) is 0 Å². The largest absolute Gasteiger partial charge is 0.252 e. The van der Waals surface area contributed by atoms with Gasteiger partial charge in [-0.3, -0.25) is 5.06 Å². The van der Waals surface area contributed by atoms with Gasteiger partial charge in [0.15, 0.2) is 0 Å². The average Bonchev–Trinajstić information content (AvgIpc) is 1.69. The first-order valence-electron chi connectivity index (χ1n) is 2.08. The minimum Gasteiger partial charge on any atom is -0.252 e. The van der Waals surface area contributed by atoms with Crippen molar-refractivity contribution in [2.45, 2.75) is 0 Å². The fourth-order valence-corrected chi connectivity index (χ4v) is 0.811. The summed E-state index contributed by atoms with van der Waals surface area (Å²) in [7, 11) is 1.86. The number of hydrogen-bond acceptors (Lipinski definition) is 3. The van der Waals surface area contributed by atoms with E-state index in [4.69, 9.17) is 4.28 Å². The SMILES string of the molecule is CN1C=CCSO1. The Labute approximate surface area is 47.3 Å². The zero-order valence-electron chi connectivity index (χ0n) is 4.13. The van der Waals surface area contributed by atoms with Crippen LogP contribution in [-0.4, -0.2) is 17.9 Å². The molecule has 1 aliphatic heterocycles. The monoisotopic (exact) mass is 117 g/mol. The molecule has 2 nitrogen and oxygen atoms in total. The van der Waals surface area contributed by atoms with Gasteiger partial charge in [0, 0.05) is 31.0 Å². The minimum absolute atomic E-state index is 0.963. The van der Waals surface area contributed by atoms with Crippen LogP contribution in [0.15, 0.2) is 12.3 Å². The van der Waals surface area contributed by atoms with E-state index >= 15 is 0 Å². The molecule has 0 aromatic carbocycles. The first-order chi connectivity index (χ1) is 3.39. The van der Waals surface area contributed by atoms with Gasteiger partial charge in [-0.25, -0.2) is 4.28 Å². The Morgan fingerprint density at radius 2 is 2.71 bits per heavy atom. The number of nitrogens with zero attached hydrogens (tertiary/aromatic N) is 1. The molecule has 0 aliphatic carbocycles. The van der Waals surface area contributed by atoms with Crippen molar-refractivity contribution in [2.75, 3.05) is 12.8 Å². The maximum atomic E-state index is 4.94. The molecule has 0 saturated carbocycles. The molecule has 0 N–H and O–H groups in total. The van der Waals surface area contributed by atoms with Crippen LogP contribution in [0.1, 0.15) is 0 Å². The van der Waals surface area contributed by atoms with Crippen molar-refractivity contribution in [1.29, 1.82) is 0 Å². The molecule has 7 heavy (non-hydrogen) atoms. The van der Waals surface area contributed by atoms with Gasteiger partial charge in [-0.15, -0.1) is 0 Å². The van der Waals surface area contributed by atoms with Gasteiger partial charge in [0.05, 0.1) is 0 Å². The third-order valence-corrected chi connectivity index (χ3v) is 1.32. The summed E-state index contributed by atoms with van der Waals surface area (Å²) < 4.78 is 4.94. The number of rotatable bonds is 0. The van der Waals surface area contributed by atoms with Crippen molar-refractivity contribution < 1.29 is 4.28 Å². The quantitative estimate of drug-likeness (QED) is 0.440. The highest BCUT2D eigenvalue weighted by molar-refractivity contribution is 7.94. The van der Waals surface area contributed by atoms with E-state index in [1.807, 2.05) is 19.3 Å². The van der Waals surface area contributed by atoms with Crippen LogP contribution in [0.5, 0.6) is 0 Å². The predicted octanol–water partition coefficient (Wildman–Crippen LogP) is 1.03. The summed E-state index contributed by atoms with van der Waals surface area (Å²) in [6.07, 6.45) is 3.95. The van der Waals surface area contributed by atoms with Crippen LogP contribution in [0.25, 0.3) is 0 Å². The highest BCUT2D eigenvalue weighted by Crippen LogP contribution is 2.10. The van der Waals surface area contributed by atoms with Crippen LogP contribution in [0, 0.1) is 0 Å². The molecule has 0 atom stereocenters. The number of hydrogen-bond donors (Lipinski definition) is 0. The molecular formula is C4H7NOS. The molecule has 0 amide bonds. The predicted molar refractivity (Wildman–Crippen MR) is 30.4 cm³/mol. The van der Waals surface area contributed by atoms with Crippen LogP contribution in [0.3, 0.4) is 0 Å². The molecule has 0 fully saturated rings. The van der Waals surface area contributed by atoms with Crippen molar-refractivity contribution >= 4 is 12.0 Å². The fourth-order valence-electron chi connectivity index (χ4n) is 0.369. The van der Waals surface area contributed by atoms with Crippen LogP contribution in [0.2, 0.25) is 0 Å². The van der Waals surface area contributed by atoms with E-state index in [1.54, 1.807) is 5.06 Å². The van der Waals surface area contributed by atoms with E-state index in [-0.39, 0.29) is 0 Å². The Morgan fingerprint density at radius 1 is 1.86 bits per heavy atom. The van der Waals surface area contributed by atoms with Crippen molar-refractivity contribution in [3.05, 3.63) is 12.3 Å². The Hall–Kier alpha value is -0.150. The van der Waals surface area contributed by atoms with E-state index < -0.39 is 0 Å². The molecule has 1 aliphatic rings. The molecule has 0 aromatic rings. The lowest BCUT2D eigenvalue weighted by molar-refractivity contribution is 0.0469. The van der Waals surface area contributed by atoms with Gasteiger partial charge in [0.1, 0.15) is 0 Å². The van der Waals surface area contributed by atoms with E-state index in [0.29, 0.717) is 0 Å². The van der Waals surface area contributed by atoms with Crippen molar-refractivity contribution in [3.8, 4) is 0 Å². The maximum Gasteiger partial charge on any atom is 0.0421 e. The molecule has 1 heterocycles. The fraction of sp³-hybridized carbons (Fsp3) is 0.500. The molecule has 0 saturated heterocycles. The van der Waals surface area contributed by atoms with Crippen LogP contribution >= 0.6 is 12.0 Å². The van der Waals surface area contributed by atoms with Crippen molar-refractivity contribution in [2.24, 2.45) is 0 Å². The molecule has 40 valence electrons. The second-order valence-electron chi connectivity index (χ2n) is 1.29. The Bertz CT molecular complexity index is 83.8. The molecule has 0 bridgehead atoms. The number of hydroxylamine groups is 2. The molecule has 3 heteroatoms. The van der Waals surface area contributed by atoms with Gasteiger partial charge >= 0.3 is 0 Å². The molecule has 0 spiro atoms. The van der Waals surface area contributed by atoms with Crippen LogP contribution < -0.4 is 0 Å². The molecule has 1 rings (SSSR count). The average molecular weight is 117 g/mol. The summed E-state index contributed by atoms with van der Waals surface area (Å²) in [6, 6.07) is 0. The zero-order chi connectivity index (χ0) is 5.11. The second-order valence-corrected chi connectivity index (χ2v) is 2.01. The maximum absolute atomic E-state index is 4.94. The molecule has 0 radical (unpaired) electrons. The lowest BCUT2D eigenvalue weighted by Crippen LogP contribution is -2.09. The van der Waals surface area contributed by atoms with Crippen molar-refractivity contribution in [1.82, 2.24) is 5.06 Å². The second kappa shape index (κ2) is 2.23. The lowest BCUT2D eigenvalue weighted by atomic mass is 10.7. The summed E-state index contributed by atoms with van der Waals surface area (Å²) in [4.78, 5) is 0. The van der Waals surface area contributed by atoms with Gasteiger partial charge in [0.2, 0.25) is 0 Å². The Kier molecular flexibility index (Phi) is 1.59. The van der Waals surface area contributed by atoms with E-state index in [9.17, 15) is 0 Å². The smallest absolute Gasteiger partial charge is 0.0421 e. The first kappa shape index (κ1) is 5.00. The van der Waals surface area contributed by atoms with E-state index in [1.165, 1.54) is 12.0 Å². The minimum atomic E-state index is 0.963. The molecule has 0 aromatic heterocycles. The van der Waals surface area contributed by atoms with Gasteiger partial charge < -0.3 is 0 Å². The summed E-state index contributed by atoms with van der Waals surface area (Å²) in [5, 5.41) is 1.67. The Balaban J connectivity index is 2.36. The van der Waals surface area contributed by atoms with Gasteiger partial charge in [-0.05, 0) is 0 Å². The van der Waals surface area contributed by atoms with Gasteiger partial charge in [-0.1, -0.05) is 6.08 Å². The van der Waals surface area contributed by atoms with E-state index in [0.717, 1.165) is 5.75 Å². The molecular weight excluding hydrogens is 110 g/mol. The van der Waals surface area contributed by atoms with Crippen LogP contribution in [-0.2, 0) is 4.28 Å². The summed E-state index contributed by atoms with van der Waals surface area (Å²) in [5.41, 5.74) is 0. The lowest BCUT2D eigenvalue weighted by Gasteiger charge is -2.14. The molecule has 0 unspecified atom stereocenters. The normalized spacial score (nSPS) is 20.4. The summed E-state index contributed by atoms with van der Waals surface area (Å²) in [5.74, 6) is 0.963. The van der Waals surface area contributed by atoms with Gasteiger partial charge in [0.25, 0.3) is 0 Å². The Morgan fingerprint density at radius 3 is 3.00 bits per heavy atom. The first-order valence-corrected chi connectivity index (χ1v) is 3.00.